The Balaban J connectivity index is 0.000000980. The van der Waals surface area contributed by atoms with Gasteiger partial charge in [-0.15, -0.1) is 5.46 Å². The summed E-state index contributed by atoms with van der Waals surface area (Å²) < 4.78 is 38.0. The molecule has 0 aromatic carbocycles. The number of hydrogen-bond acceptors (Lipinski definition) is 2. The van der Waals surface area contributed by atoms with Crippen LogP contribution in [-0.2, 0) is 0 Å². The van der Waals surface area contributed by atoms with Gasteiger partial charge in [0.15, 0.2) is 5.65 Å². The average molecular weight is 225 g/mol. The second-order valence-corrected chi connectivity index (χ2v) is 2.60. The summed E-state index contributed by atoms with van der Waals surface area (Å²) in [5.41, 5.74) is -0.447. The summed E-state index contributed by atoms with van der Waals surface area (Å²) in [4.78, 5) is 3.65. The molecule has 2 aromatic rings. The van der Waals surface area contributed by atoms with Crippen molar-refractivity contribution in [2.45, 2.75) is 0 Å². The second-order valence-electron chi connectivity index (χ2n) is 2.60. The maximum absolute atomic E-state index is 12.2. The monoisotopic (exact) mass is 225 g/mol. The molecule has 8 heteroatoms. The summed E-state index contributed by atoms with van der Waals surface area (Å²) in [7, 11) is 0. The van der Waals surface area contributed by atoms with Gasteiger partial charge in [-0.05, 0) is 6.07 Å². The molecule has 0 fully saturated rings. The molecule has 0 aliphatic carbocycles. The van der Waals surface area contributed by atoms with E-state index >= 15 is 0 Å². The Bertz CT molecular complexity index is 441. The van der Waals surface area contributed by atoms with E-state index in [9.17, 15) is 12.9 Å². The van der Waals surface area contributed by atoms with Gasteiger partial charge in [-0.3, -0.25) is 0 Å². The molecule has 0 aliphatic rings. The molecule has 2 heterocycles. The van der Waals surface area contributed by atoms with Crippen LogP contribution in [0.25, 0.3) is 5.65 Å². The van der Waals surface area contributed by atoms with E-state index in [-0.39, 0.29) is 57.0 Å². The van der Waals surface area contributed by atoms with Crippen molar-refractivity contribution < 1.29 is 64.3 Å². The molecular weight excluding hydrogens is 221 g/mol. The summed E-state index contributed by atoms with van der Waals surface area (Å²) in [6, 6.07) is 1.97. The van der Waals surface area contributed by atoms with Crippen LogP contribution in [0.15, 0.2) is 24.7 Å². The van der Waals surface area contributed by atoms with Gasteiger partial charge in [0.05, 0.1) is 0 Å². The standard InChI is InChI=1S/C6H4BF3N3.K/c8-7(9,10)5-1-2-13-6(3-5)11-4-12-13;/h1-4H;/q-1;+1. The molecule has 2 rings (SSSR count). The Morgan fingerprint density at radius 2 is 2.00 bits per heavy atom. The Kier molecular flexibility index (Phi) is 3.75. The first-order chi connectivity index (χ1) is 6.07. The van der Waals surface area contributed by atoms with Crippen LogP contribution in [0.5, 0.6) is 0 Å². The zero-order chi connectivity index (χ0) is 9.47. The molecule has 0 N–H and O–H groups in total. The van der Waals surface area contributed by atoms with E-state index in [0.29, 0.717) is 0 Å². The largest absolute Gasteiger partial charge is 1.00 e. The van der Waals surface area contributed by atoms with Crippen molar-refractivity contribution in [3.05, 3.63) is 24.7 Å². The summed E-state index contributed by atoms with van der Waals surface area (Å²) in [6.07, 6.45) is 2.45. The fourth-order valence-electron chi connectivity index (χ4n) is 1.03. The predicted octanol–water partition coefficient (Wildman–Crippen LogP) is -2.21. The maximum atomic E-state index is 12.2. The number of rotatable bonds is 1. The molecule has 0 saturated carbocycles. The first-order valence-electron chi connectivity index (χ1n) is 3.56. The molecule has 0 unspecified atom stereocenters. The van der Waals surface area contributed by atoms with Gasteiger partial charge < -0.3 is 12.9 Å². The summed E-state index contributed by atoms with van der Waals surface area (Å²) in [5.74, 6) is 0. The number of nitrogens with zero attached hydrogens (tertiary/aromatic N) is 3. The number of hydrogen-bond donors (Lipinski definition) is 0. The van der Waals surface area contributed by atoms with E-state index in [0.717, 1.165) is 12.1 Å². The molecule has 68 valence electrons. The van der Waals surface area contributed by atoms with Crippen LogP contribution in [0.3, 0.4) is 0 Å². The van der Waals surface area contributed by atoms with Gasteiger partial charge in [0.25, 0.3) is 0 Å². The average Bonchev–Trinajstić information content (AvgIpc) is 2.47. The van der Waals surface area contributed by atoms with Crippen molar-refractivity contribution in [3.63, 3.8) is 0 Å². The fourth-order valence-corrected chi connectivity index (χ4v) is 1.03. The van der Waals surface area contributed by atoms with E-state index < -0.39 is 12.4 Å². The fraction of sp³-hybridized carbons (Fsp3) is 0. The van der Waals surface area contributed by atoms with Crippen molar-refractivity contribution in [3.8, 4) is 0 Å². The van der Waals surface area contributed by atoms with Crippen molar-refractivity contribution in [2.75, 3.05) is 0 Å². The van der Waals surface area contributed by atoms with Gasteiger partial charge in [-0.2, -0.15) is 5.10 Å². The van der Waals surface area contributed by atoms with Crippen LogP contribution < -0.4 is 56.8 Å². The maximum Gasteiger partial charge on any atom is 1.00 e. The zero-order valence-corrected chi connectivity index (χ0v) is 10.5. The molecule has 0 saturated heterocycles. The Morgan fingerprint density at radius 3 is 2.64 bits per heavy atom. The molecular formula is C6H4BF3KN3. The zero-order valence-electron chi connectivity index (χ0n) is 7.36. The first kappa shape index (κ1) is 12.2. The van der Waals surface area contributed by atoms with Crippen LogP contribution in [-0.4, -0.2) is 21.6 Å². The van der Waals surface area contributed by atoms with E-state index in [1.165, 1.54) is 17.0 Å². The summed E-state index contributed by atoms with van der Waals surface area (Å²) in [5, 5.41) is 3.69. The number of aromatic nitrogens is 3. The topological polar surface area (TPSA) is 30.2 Å². The molecule has 0 atom stereocenters. The third kappa shape index (κ3) is 2.37. The third-order valence-electron chi connectivity index (χ3n) is 1.68. The van der Waals surface area contributed by atoms with E-state index in [2.05, 4.69) is 10.1 Å². The molecule has 0 radical (unpaired) electrons. The van der Waals surface area contributed by atoms with Gasteiger partial charge in [-0.25, -0.2) is 9.50 Å². The molecule has 0 amide bonds. The first-order valence-corrected chi connectivity index (χ1v) is 3.56. The van der Waals surface area contributed by atoms with Crippen LogP contribution in [0.4, 0.5) is 12.9 Å². The molecule has 14 heavy (non-hydrogen) atoms. The van der Waals surface area contributed by atoms with Crippen LogP contribution in [0.1, 0.15) is 0 Å². The minimum atomic E-state index is -4.95. The van der Waals surface area contributed by atoms with E-state index in [1.807, 2.05) is 0 Å². The van der Waals surface area contributed by atoms with Crippen LogP contribution in [0, 0.1) is 0 Å². The summed E-state index contributed by atoms with van der Waals surface area (Å²) >= 11 is 0. The molecule has 3 nitrogen and oxygen atoms in total. The van der Waals surface area contributed by atoms with Crippen molar-refractivity contribution in [1.82, 2.24) is 14.6 Å². The van der Waals surface area contributed by atoms with Crippen molar-refractivity contribution >= 4 is 18.1 Å². The number of pyridine rings is 1. The SMILES string of the molecule is F[B-](F)(F)c1ccn2ncnc2c1.[K+]. The van der Waals surface area contributed by atoms with Crippen LogP contribution >= 0.6 is 0 Å². The molecule has 0 bridgehead atoms. The molecule has 0 aliphatic heterocycles. The number of fused-ring (bicyclic) bond motifs is 1. The Hall–Kier alpha value is 0.111. The van der Waals surface area contributed by atoms with E-state index in [4.69, 9.17) is 0 Å². The normalized spacial score (nSPS) is 11.4. The van der Waals surface area contributed by atoms with Gasteiger partial charge >= 0.3 is 58.4 Å². The smallest absolute Gasteiger partial charge is 0.445 e. The van der Waals surface area contributed by atoms with Crippen molar-refractivity contribution in [2.24, 2.45) is 0 Å². The van der Waals surface area contributed by atoms with E-state index in [1.54, 1.807) is 0 Å². The Morgan fingerprint density at radius 1 is 1.29 bits per heavy atom. The van der Waals surface area contributed by atoms with Crippen molar-refractivity contribution in [1.29, 1.82) is 0 Å². The molecule has 0 spiro atoms. The van der Waals surface area contributed by atoms with Gasteiger partial charge in [0.1, 0.15) is 6.33 Å². The summed E-state index contributed by atoms with van der Waals surface area (Å²) in [6.45, 7) is -4.95. The minimum absolute atomic E-state index is 0. The van der Waals surface area contributed by atoms with Gasteiger partial charge in [-0.1, -0.05) is 6.07 Å². The Labute approximate surface area is 120 Å². The van der Waals surface area contributed by atoms with Gasteiger partial charge in [0, 0.05) is 6.20 Å². The minimum Gasteiger partial charge on any atom is -0.445 e. The van der Waals surface area contributed by atoms with Crippen LogP contribution in [0.2, 0.25) is 0 Å². The quantitative estimate of drug-likeness (QED) is 0.515. The van der Waals surface area contributed by atoms with Gasteiger partial charge in [0.2, 0.25) is 0 Å². The number of halogens is 3. The predicted molar refractivity (Wildman–Crippen MR) is 41.7 cm³/mol. The molecule has 2 aromatic heterocycles. The second kappa shape index (κ2) is 4.32. The third-order valence-corrected chi connectivity index (χ3v) is 1.68.